The highest BCUT2D eigenvalue weighted by molar-refractivity contribution is 8.00. The summed E-state index contributed by atoms with van der Waals surface area (Å²) in [6, 6.07) is 27.2. The Morgan fingerprint density at radius 2 is 1.79 bits per heavy atom. The van der Waals surface area contributed by atoms with E-state index in [9.17, 15) is 4.79 Å². The van der Waals surface area contributed by atoms with Crippen molar-refractivity contribution in [2.45, 2.75) is 11.5 Å². The maximum atomic E-state index is 12.3. The highest BCUT2D eigenvalue weighted by Crippen LogP contribution is 2.29. The van der Waals surface area contributed by atoms with Gasteiger partial charge in [0.2, 0.25) is 5.91 Å². The van der Waals surface area contributed by atoms with Gasteiger partial charge in [-0.2, -0.15) is 5.10 Å². The molecule has 0 aromatic heterocycles. The number of benzene rings is 4. The zero-order chi connectivity index (χ0) is 23.8. The van der Waals surface area contributed by atoms with E-state index < -0.39 is 0 Å². The average molecular weight is 491 g/mol. The van der Waals surface area contributed by atoms with Gasteiger partial charge in [-0.25, -0.2) is 5.43 Å². The number of ether oxygens (including phenoxy) is 2. The van der Waals surface area contributed by atoms with Crippen molar-refractivity contribution in [2.24, 2.45) is 5.10 Å². The van der Waals surface area contributed by atoms with Crippen molar-refractivity contribution in [1.29, 1.82) is 0 Å². The average Bonchev–Trinajstić information content (AvgIpc) is 2.87. The van der Waals surface area contributed by atoms with Gasteiger partial charge in [-0.3, -0.25) is 4.79 Å². The molecule has 34 heavy (non-hydrogen) atoms. The van der Waals surface area contributed by atoms with E-state index in [0.717, 1.165) is 26.8 Å². The Morgan fingerprint density at radius 1 is 1.00 bits per heavy atom. The predicted octanol–water partition coefficient (Wildman–Crippen LogP) is 6.32. The summed E-state index contributed by atoms with van der Waals surface area (Å²) in [6.07, 6.45) is 1.57. The Balaban J connectivity index is 1.32. The summed E-state index contributed by atoms with van der Waals surface area (Å²) in [5.41, 5.74) is 4.23. The van der Waals surface area contributed by atoms with Crippen molar-refractivity contribution in [2.75, 3.05) is 12.9 Å². The van der Waals surface area contributed by atoms with Crippen molar-refractivity contribution in [3.63, 3.8) is 0 Å². The first-order chi connectivity index (χ1) is 16.6. The van der Waals surface area contributed by atoms with E-state index in [1.165, 1.54) is 11.8 Å². The molecule has 0 aliphatic heterocycles. The molecule has 4 aromatic carbocycles. The fourth-order valence-electron chi connectivity index (χ4n) is 3.33. The van der Waals surface area contributed by atoms with Crippen molar-refractivity contribution >= 4 is 46.3 Å². The van der Waals surface area contributed by atoms with Crippen LogP contribution in [0.4, 0.5) is 0 Å². The van der Waals surface area contributed by atoms with Gasteiger partial charge in [0.1, 0.15) is 6.61 Å². The molecule has 7 heteroatoms. The molecule has 4 aromatic rings. The summed E-state index contributed by atoms with van der Waals surface area (Å²) in [4.78, 5) is 13.3. The van der Waals surface area contributed by atoms with E-state index in [1.54, 1.807) is 25.5 Å². The third-order valence-corrected chi connectivity index (χ3v) is 6.48. The minimum atomic E-state index is -0.180. The van der Waals surface area contributed by atoms with Gasteiger partial charge in [-0.1, -0.05) is 66.2 Å². The molecule has 0 heterocycles. The number of carbonyl (C=O) groups is 1. The van der Waals surface area contributed by atoms with Crippen LogP contribution in [0.25, 0.3) is 10.8 Å². The lowest BCUT2D eigenvalue weighted by atomic mass is 10.1. The third-order valence-electron chi connectivity index (χ3n) is 5.04. The van der Waals surface area contributed by atoms with E-state index in [-0.39, 0.29) is 11.7 Å². The monoisotopic (exact) mass is 490 g/mol. The van der Waals surface area contributed by atoms with Gasteiger partial charge >= 0.3 is 0 Å². The van der Waals surface area contributed by atoms with Crippen LogP contribution in [-0.4, -0.2) is 25.0 Å². The van der Waals surface area contributed by atoms with Crippen molar-refractivity contribution in [1.82, 2.24) is 5.43 Å². The van der Waals surface area contributed by atoms with E-state index in [1.807, 2.05) is 54.6 Å². The second kappa shape index (κ2) is 11.6. The molecule has 1 amide bonds. The van der Waals surface area contributed by atoms with Crippen LogP contribution in [0.1, 0.15) is 11.1 Å². The molecule has 0 aliphatic carbocycles. The highest BCUT2D eigenvalue weighted by atomic mass is 35.5. The van der Waals surface area contributed by atoms with Crippen LogP contribution in [0.5, 0.6) is 11.5 Å². The molecule has 0 bridgehead atoms. The lowest BCUT2D eigenvalue weighted by molar-refractivity contribution is -0.118. The number of amides is 1. The van der Waals surface area contributed by atoms with E-state index in [2.05, 4.69) is 28.7 Å². The molecule has 1 N–H and O–H groups in total. The molecule has 0 saturated heterocycles. The Kier molecular flexibility index (Phi) is 8.07. The smallest absolute Gasteiger partial charge is 0.250 e. The molecule has 0 atom stereocenters. The SMILES string of the molecule is COc1cc(/C=N/NC(=O)CSc2cccc3ccccc23)ccc1OCc1ccccc1Cl. The number of methoxy groups -OCH3 is 1. The molecule has 172 valence electrons. The summed E-state index contributed by atoms with van der Waals surface area (Å²) in [5, 5.41) is 7.01. The second-order valence-electron chi connectivity index (χ2n) is 7.35. The first kappa shape index (κ1) is 23.7. The molecule has 0 unspecified atom stereocenters. The molecular formula is C27H23ClN2O3S. The zero-order valence-electron chi connectivity index (χ0n) is 18.5. The minimum absolute atomic E-state index is 0.180. The second-order valence-corrected chi connectivity index (χ2v) is 8.77. The molecule has 5 nitrogen and oxygen atoms in total. The molecule has 4 rings (SSSR count). The standard InChI is InChI=1S/C27H23ClN2O3S/c1-32-25-15-19(13-14-24(25)33-17-21-8-3-5-11-23(21)28)16-29-30-27(31)18-34-26-12-6-9-20-7-2-4-10-22(20)26/h2-16H,17-18H2,1H3,(H,30,31)/b29-16+. The van der Waals surface area contributed by atoms with Crippen LogP contribution in [-0.2, 0) is 11.4 Å². The number of nitrogens with one attached hydrogen (secondary N) is 1. The van der Waals surface area contributed by atoms with E-state index in [4.69, 9.17) is 21.1 Å². The van der Waals surface area contributed by atoms with Gasteiger partial charge in [0.25, 0.3) is 0 Å². The quantitative estimate of drug-likeness (QED) is 0.169. The first-order valence-electron chi connectivity index (χ1n) is 10.6. The minimum Gasteiger partial charge on any atom is -0.493 e. The largest absolute Gasteiger partial charge is 0.493 e. The number of fused-ring (bicyclic) bond motifs is 1. The topological polar surface area (TPSA) is 59.9 Å². The lowest BCUT2D eigenvalue weighted by Gasteiger charge is -2.12. The van der Waals surface area contributed by atoms with Crippen LogP contribution in [0.3, 0.4) is 0 Å². The number of hydrogen-bond donors (Lipinski definition) is 1. The van der Waals surface area contributed by atoms with E-state index >= 15 is 0 Å². The van der Waals surface area contributed by atoms with Gasteiger partial charge in [0.15, 0.2) is 11.5 Å². The maximum absolute atomic E-state index is 12.3. The van der Waals surface area contributed by atoms with Crippen molar-refractivity contribution < 1.29 is 14.3 Å². The Labute approximate surface area is 207 Å². The van der Waals surface area contributed by atoms with Crippen molar-refractivity contribution in [3.05, 3.63) is 101 Å². The van der Waals surface area contributed by atoms with Crippen LogP contribution in [0, 0.1) is 0 Å². The highest BCUT2D eigenvalue weighted by Gasteiger charge is 2.08. The number of halogens is 1. The number of carbonyl (C=O) groups excluding carboxylic acids is 1. The fourth-order valence-corrected chi connectivity index (χ4v) is 4.39. The van der Waals surface area contributed by atoms with Gasteiger partial charge < -0.3 is 9.47 Å². The number of hydrazone groups is 1. The number of thioether (sulfide) groups is 1. The zero-order valence-corrected chi connectivity index (χ0v) is 20.1. The number of nitrogens with zero attached hydrogens (tertiary/aromatic N) is 1. The predicted molar refractivity (Wildman–Crippen MR) is 139 cm³/mol. The van der Waals surface area contributed by atoms with Gasteiger partial charge in [0, 0.05) is 15.5 Å². The molecular weight excluding hydrogens is 468 g/mol. The number of rotatable bonds is 9. The Morgan fingerprint density at radius 3 is 2.65 bits per heavy atom. The Bertz CT molecular complexity index is 1320. The Hall–Kier alpha value is -3.48. The van der Waals surface area contributed by atoms with Crippen LogP contribution in [0.15, 0.2) is 94.9 Å². The van der Waals surface area contributed by atoms with Crippen LogP contribution in [0.2, 0.25) is 5.02 Å². The van der Waals surface area contributed by atoms with Gasteiger partial charge in [-0.05, 0) is 46.7 Å². The lowest BCUT2D eigenvalue weighted by Crippen LogP contribution is -2.19. The summed E-state index contributed by atoms with van der Waals surface area (Å²) in [5.74, 6) is 1.24. The fraction of sp³-hybridized carbons (Fsp3) is 0.111. The van der Waals surface area contributed by atoms with Gasteiger partial charge in [-0.15, -0.1) is 11.8 Å². The van der Waals surface area contributed by atoms with Crippen LogP contribution >= 0.6 is 23.4 Å². The molecule has 0 radical (unpaired) electrons. The summed E-state index contributed by atoms with van der Waals surface area (Å²) in [7, 11) is 1.57. The molecule has 0 spiro atoms. The summed E-state index contributed by atoms with van der Waals surface area (Å²) >= 11 is 7.68. The normalized spacial score (nSPS) is 11.0. The van der Waals surface area contributed by atoms with Gasteiger partial charge in [0.05, 0.1) is 19.1 Å². The maximum Gasteiger partial charge on any atom is 0.250 e. The number of hydrogen-bond acceptors (Lipinski definition) is 5. The summed E-state index contributed by atoms with van der Waals surface area (Å²) in [6.45, 7) is 0.327. The molecule has 0 saturated carbocycles. The first-order valence-corrected chi connectivity index (χ1v) is 12.0. The van der Waals surface area contributed by atoms with Crippen LogP contribution < -0.4 is 14.9 Å². The van der Waals surface area contributed by atoms with E-state index in [0.29, 0.717) is 23.1 Å². The summed E-state index contributed by atoms with van der Waals surface area (Å²) < 4.78 is 11.3. The van der Waals surface area contributed by atoms with Crippen molar-refractivity contribution in [3.8, 4) is 11.5 Å². The molecule has 0 fully saturated rings. The third kappa shape index (κ3) is 6.10. The molecule has 0 aliphatic rings.